The second kappa shape index (κ2) is 5.55. The predicted molar refractivity (Wildman–Crippen MR) is 78.2 cm³/mol. The van der Waals surface area contributed by atoms with Crippen LogP contribution < -0.4 is 0 Å². The minimum absolute atomic E-state index is 0.472. The Labute approximate surface area is 122 Å². The van der Waals surface area contributed by atoms with Crippen molar-refractivity contribution in [2.24, 2.45) is 0 Å². The fourth-order valence-corrected chi connectivity index (χ4v) is 2.23. The summed E-state index contributed by atoms with van der Waals surface area (Å²) in [6, 6.07) is 17.7. The molecule has 0 spiro atoms. The van der Waals surface area contributed by atoms with E-state index < -0.39 is 0 Å². The maximum absolute atomic E-state index is 9.16. The molecule has 1 aromatic heterocycles. The van der Waals surface area contributed by atoms with Crippen LogP contribution in [-0.4, -0.2) is 20.2 Å². The minimum atomic E-state index is 0.472. The van der Waals surface area contributed by atoms with E-state index in [0.717, 1.165) is 16.7 Å². The molecule has 2 aromatic carbocycles. The van der Waals surface area contributed by atoms with Gasteiger partial charge in [-0.05, 0) is 35.0 Å². The van der Waals surface area contributed by atoms with Gasteiger partial charge < -0.3 is 0 Å². The van der Waals surface area contributed by atoms with Crippen LogP contribution >= 0.6 is 0 Å². The molecule has 0 bridgehead atoms. The number of aromatic nitrogens is 4. The Bertz CT molecular complexity index is 813. The van der Waals surface area contributed by atoms with E-state index in [1.165, 1.54) is 0 Å². The highest BCUT2D eigenvalue weighted by Crippen LogP contribution is 2.18. The van der Waals surface area contributed by atoms with E-state index in [2.05, 4.69) is 21.6 Å². The lowest BCUT2D eigenvalue weighted by Gasteiger charge is -2.06. The highest BCUT2D eigenvalue weighted by Gasteiger charge is 2.11. The lowest BCUT2D eigenvalue weighted by Crippen LogP contribution is -2.06. The number of nitrogens with zero attached hydrogens (tertiary/aromatic N) is 5. The number of tetrazole rings is 1. The van der Waals surface area contributed by atoms with Crippen molar-refractivity contribution < 1.29 is 0 Å². The van der Waals surface area contributed by atoms with Crippen molar-refractivity contribution in [3.63, 3.8) is 0 Å². The summed E-state index contributed by atoms with van der Waals surface area (Å²) >= 11 is 0. The van der Waals surface area contributed by atoms with E-state index >= 15 is 0 Å². The first-order chi connectivity index (χ1) is 10.3. The first-order valence-electron chi connectivity index (χ1n) is 6.59. The van der Waals surface area contributed by atoms with Crippen molar-refractivity contribution >= 4 is 0 Å². The van der Waals surface area contributed by atoms with Gasteiger partial charge in [0.25, 0.3) is 0 Å². The average Bonchev–Trinajstić information content (AvgIpc) is 2.96. The molecule has 0 radical (unpaired) electrons. The summed E-state index contributed by atoms with van der Waals surface area (Å²) in [7, 11) is 0. The van der Waals surface area contributed by atoms with Crippen LogP contribution in [0.1, 0.15) is 16.7 Å². The van der Waals surface area contributed by atoms with Gasteiger partial charge in [-0.3, -0.25) is 0 Å². The Morgan fingerprint density at radius 2 is 2.00 bits per heavy atom. The highest BCUT2D eigenvalue weighted by atomic mass is 15.5. The maximum atomic E-state index is 9.16. The Morgan fingerprint density at radius 3 is 2.81 bits per heavy atom. The first kappa shape index (κ1) is 13.0. The van der Waals surface area contributed by atoms with Crippen LogP contribution in [0.3, 0.4) is 0 Å². The Hall–Kier alpha value is -3.00. The van der Waals surface area contributed by atoms with Crippen molar-refractivity contribution in [1.29, 1.82) is 5.26 Å². The van der Waals surface area contributed by atoms with Gasteiger partial charge in [-0.25, -0.2) is 4.68 Å². The predicted octanol–water partition coefficient (Wildman–Crippen LogP) is 2.57. The number of rotatable bonds is 3. The third kappa shape index (κ3) is 2.65. The van der Waals surface area contributed by atoms with Gasteiger partial charge in [0.15, 0.2) is 5.82 Å². The van der Waals surface area contributed by atoms with Gasteiger partial charge >= 0.3 is 0 Å². The molecule has 1 heterocycles. The van der Waals surface area contributed by atoms with E-state index in [1.807, 2.05) is 49.4 Å². The second-order valence-electron chi connectivity index (χ2n) is 4.80. The smallest absolute Gasteiger partial charge is 0.182 e. The molecule has 3 rings (SSSR count). The van der Waals surface area contributed by atoms with E-state index in [0.29, 0.717) is 17.9 Å². The number of hydrogen-bond donors (Lipinski definition) is 0. The third-order valence-corrected chi connectivity index (χ3v) is 3.27. The summed E-state index contributed by atoms with van der Waals surface area (Å²) in [4.78, 5) is 0. The minimum Gasteiger partial charge on any atom is -0.221 e. The van der Waals surface area contributed by atoms with Gasteiger partial charge in [-0.1, -0.05) is 42.0 Å². The van der Waals surface area contributed by atoms with E-state index in [4.69, 9.17) is 5.26 Å². The van der Waals surface area contributed by atoms with Crippen LogP contribution in [0.4, 0.5) is 0 Å². The number of hydrogen-bond acceptors (Lipinski definition) is 4. The lowest BCUT2D eigenvalue weighted by atomic mass is 10.1. The fourth-order valence-electron chi connectivity index (χ4n) is 2.23. The SMILES string of the molecule is Cc1cccc(-c2nnnn2Cc2ccccc2C#N)c1. The number of benzene rings is 2. The second-order valence-corrected chi connectivity index (χ2v) is 4.80. The van der Waals surface area contributed by atoms with E-state index in [9.17, 15) is 0 Å². The Kier molecular flexibility index (Phi) is 3.44. The molecule has 102 valence electrons. The average molecular weight is 275 g/mol. The fraction of sp³-hybridized carbons (Fsp3) is 0.125. The van der Waals surface area contributed by atoms with Gasteiger partial charge in [-0.15, -0.1) is 5.10 Å². The third-order valence-electron chi connectivity index (χ3n) is 3.27. The zero-order valence-electron chi connectivity index (χ0n) is 11.6. The topological polar surface area (TPSA) is 67.4 Å². The first-order valence-corrected chi connectivity index (χ1v) is 6.59. The number of nitriles is 1. The molecule has 0 fully saturated rings. The molecule has 5 nitrogen and oxygen atoms in total. The Balaban J connectivity index is 1.99. The van der Waals surface area contributed by atoms with Gasteiger partial charge in [0.1, 0.15) is 0 Å². The normalized spacial score (nSPS) is 10.3. The maximum Gasteiger partial charge on any atom is 0.182 e. The van der Waals surface area contributed by atoms with Crippen molar-refractivity contribution in [2.75, 3.05) is 0 Å². The van der Waals surface area contributed by atoms with Gasteiger partial charge in [0, 0.05) is 5.56 Å². The van der Waals surface area contributed by atoms with Crippen LogP contribution in [0.5, 0.6) is 0 Å². The van der Waals surface area contributed by atoms with Gasteiger partial charge in [0.2, 0.25) is 0 Å². The molecule has 0 aliphatic carbocycles. The molecule has 3 aromatic rings. The molecule has 0 aliphatic rings. The zero-order valence-corrected chi connectivity index (χ0v) is 11.6. The summed E-state index contributed by atoms with van der Waals surface area (Å²) in [5, 5.41) is 21.1. The molecule has 21 heavy (non-hydrogen) atoms. The van der Waals surface area contributed by atoms with Crippen molar-refractivity contribution in [2.45, 2.75) is 13.5 Å². The molecule has 0 saturated carbocycles. The number of aryl methyl sites for hydroxylation is 1. The lowest BCUT2D eigenvalue weighted by molar-refractivity contribution is 0.652. The molecule has 0 N–H and O–H groups in total. The zero-order chi connectivity index (χ0) is 14.7. The van der Waals surface area contributed by atoms with Crippen LogP contribution in [0.2, 0.25) is 0 Å². The van der Waals surface area contributed by atoms with Gasteiger partial charge in [0.05, 0.1) is 18.2 Å². The van der Waals surface area contributed by atoms with Crippen LogP contribution in [-0.2, 0) is 6.54 Å². The summed E-state index contributed by atoms with van der Waals surface area (Å²) in [5.41, 5.74) is 3.67. The van der Waals surface area contributed by atoms with E-state index in [1.54, 1.807) is 10.7 Å². The molecule has 5 heteroatoms. The van der Waals surface area contributed by atoms with Crippen molar-refractivity contribution in [3.05, 3.63) is 65.2 Å². The van der Waals surface area contributed by atoms with Crippen LogP contribution in [0.25, 0.3) is 11.4 Å². The van der Waals surface area contributed by atoms with Crippen LogP contribution in [0, 0.1) is 18.3 Å². The molecular formula is C16H13N5. The standard InChI is InChI=1S/C16H13N5/c1-12-5-4-8-13(9-12)16-18-19-20-21(16)11-15-7-3-2-6-14(15)10-17/h2-9H,11H2,1H3. The molecular weight excluding hydrogens is 262 g/mol. The largest absolute Gasteiger partial charge is 0.221 e. The Morgan fingerprint density at radius 1 is 1.14 bits per heavy atom. The summed E-state index contributed by atoms with van der Waals surface area (Å²) in [6.45, 7) is 2.50. The molecule has 0 amide bonds. The summed E-state index contributed by atoms with van der Waals surface area (Å²) in [6.07, 6.45) is 0. The quantitative estimate of drug-likeness (QED) is 0.736. The molecule has 0 unspecified atom stereocenters. The molecule has 0 atom stereocenters. The molecule has 0 saturated heterocycles. The van der Waals surface area contributed by atoms with Crippen LogP contribution in [0.15, 0.2) is 48.5 Å². The monoisotopic (exact) mass is 275 g/mol. The van der Waals surface area contributed by atoms with Crippen molar-refractivity contribution in [1.82, 2.24) is 20.2 Å². The highest BCUT2D eigenvalue weighted by molar-refractivity contribution is 5.55. The summed E-state index contributed by atoms with van der Waals surface area (Å²) < 4.78 is 1.71. The summed E-state index contributed by atoms with van der Waals surface area (Å²) in [5.74, 6) is 0.700. The molecule has 0 aliphatic heterocycles. The van der Waals surface area contributed by atoms with Gasteiger partial charge in [-0.2, -0.15) is 5.26 Å². The van der Waals surface area contributed by atoms with Crippen molar-refractivity contribution in [3.8, 4) is 17.5 Å². The van der Waals surface area contributed by atoms with E-state index in [-0.39, 0.29) is 0 Å².